The van der Waals surface area contributed by atoms with E-state index in [4.69, 9.17) is 16.3 Å². The maximum absolute atomic E-state index is 13.0. The second-order valence-corrected chi connectivity index (χ2v) is 4.98. The second kappa shape index (κ2) is 4.60. The summed E-state index contributed by atoms with van der Waals surface area (Å²) in [6, 6.07) is 13.3. The van der Waals surface area contributed by atoms with E-state index in [1.165, 1.54) is 12.1 Å². The predicted octanol–water partition coefficient (Wildman–Crippen LogP) is 3.44. The topological polar surface area (TPSA) is 32.8 Å². The quantitative estimate of drug-likeness (QED) is 0.873. The van der Waals surface area contributed by atoms with Gasteiger partial charge < -0.3 is 9.84 Å². The molecule has 2 aromatic rings. The molecule has 2 aromatic carbocycles. The van der Waals surface area contributed by atoms with Crippen LogP contribution in [0.2, 0.25) is 5.02 Å². The summed E-state index contributed by atoms with van der Waals surface area (Å²) in [4.78, 5) is 0. The summed E-state index contributed by atoms with van der Waals surface area (Å²) >= 11 is 6.13. The van der Waals surface area contributed by atoms with Crippen LogP contribution in [0.4, 0.5) is 4.39 Å². The van der Waals surface area contributed by atoms with Gasteiger partial charge >= 0.3 is 0 Å². The molecule has 1 aliphatic heterocycles. The fourth-order valence-corrected chi connectivity index (χ4v) is 2.58. The van der Waals surface area contributed by atoms with E-state index in [1.54, 1.807) is 18.2 Å². The normalized spacial score (nSPS) is 25.3. The lowest BCUT2D eigenvalue weighted by molar-refractivity contribution is 0.172. The molecule has 1 aliphatic rings. The van der Waals surface area contributed by atoms with E-state index in [2.05, 4.69) is 0 Å². The molecule has 0 aliphatic carbocycles. The molecule has 0 amide bonds. The summed E-state index contributed by atoms with van der Waals surface area (Å²) < 4.78 is 18.6. The molecule has 1 heterocycles. The average molecular weight is 279 g/mol. The van der Waals surface area contributed by atoms with Crippen LogP contribution in [0.1, 0.15) is 17.2 Å². The van der Waals surface area contributed by atoms with Gasteiger partial charge in [-0.3, -0.25) is 0 Å². The van der Waals surface area contributed by atoms with Crippen LogP contribution in [0, 0.1) is 5.82 Å². The van der Waals surface area contributed by atoms with Gasteiger partial charge in [0.1, 0.15) is 17.5 Å². The molecule has 0 bridgehead atoms. The molecular formula is C15H12ClFO2. The number of benzene rings is 2. The Morgan fingerprint density at radius 3 is 2.47 bits per heavy atom. The smallest absolute Gasteiger partial charge is 0.147 e. The van der Waals surface area contributed by atoms with Crippen molar-refractivity contribution in [3.05, 3.63) is 70.5 Å². The molecule has 2 nitrogen and oxygen atoms in total. The minimum atomic E-state index is -0.807. The summed E-state index contributed by atoms with van der Waals surface area (Å²) in [6.45, 7) is -0.172. The van der Waals surface area contributed by atoms with Crippen LogP contribution in [-0.2, 0) is 10.3 Å². The number of halogens is 2. The zero-order valence-electron chi connectivity index (χ0n) is 10.0. The molecule has 98 valence electrons. The number of epoxide rings is 1. The Balaban J connectivity index is 1.96. The summed E-state index contributed by atoms with van der Waals surface area (Å²) in [6.07, 6.45) is -0.295. The largest absolute Gasteiger partial charge is 0.393 e. The van der Waals surface area contributed by atoms with Crippen molar-refractivity contribution in [3.8, 4) is 0 Å². The first kappa shape index (κ1) is 12.6. The van der Waals surface area contributed by atoms with Crippen molar-refractivity contribution in [2.24, 2.45) is 0 Å². The Morgan fingerprint density at radius 2 is 1.84 bits per heavy atom. The Labute approximate surface area is 115 Å². The predicted molar refractivity (Wildman–Crippen MR) is 70.4 cm³/mol. The van der Waals surface area contributed by atoms with Gasteiger partial charge in [0.15, 0.2) is 0 Å². The Kier molecular flexibility index (Phi) is 3.05. The molecule has 0 saturated carbocycles. The molecule has 2 atom stereocenters. The highest BCUT2D eigenvalue weighted by atomic mass is 35.5. The molecule has 19 heavy (non-hydrogen) atoms. The Morgan fingerprint density at radius 1 is 1.16 bits per heavy atom. The van der Waals surface area contributed by atoms with Gasteiger partial charge in [-0.25, -0.2) is 4.39 Å². The summed E-state index contributed by atoms with van der Waals surface area (Å²) in [7, 11) is 0. The van der Waals surface area contributed by atoms with Gasteiger partial charge in [-0.15, -0.1) is 0 Å². The summed E-state index contributed by atoms with van der Waals surface area (Å²) in [5.74, 6) is -0.313. The standard InChI is InChI=1S/C15H12ClFO2/c16-13-4-2-1-3-12(13)14-15(9-18,19-14)10-5-7-11(17)8-6-10/h1-8,14,18H,9H2/t14-,15-/m0/s1. The van der Waals surface area contributed by atoms with E-state index in [0.717, 1.165) is 11.1 Å². The molecule has 0 unspecified atom stereocenters. The lowest BCUT2D eigenvalue weighted by atomic mass is 9.92. The fourth-order valence-electron chi connectivity index (χ4n) is 2.34. The van der Waals surface area contributed by atoms with E-state index in [9.17, 15) is 9.50 Å². The first-order valence-electron chi connectivity index (χ1n) is 5.96. The van der Waals surface area contributed by atoms with Crippen molar-refractivity contribution in [3.63, 3.8) is 0 Å². The third-order valence-corrected chi connectivity index (χ3v) is 3.79. The van der Waals surface area contributed by atoms with E-state index in [0.29, 0.717) is 5.02 Å². The van der Waals surface area contributed by atoms with Crippen LogP contribution in [0.25, 0.3) is 0 Å². The highest BCUT2D eigenvalue weighted by Gasteiger charge is 2.58. The number of aliphatic hydroxyl groups excluding tert-OH is 1. The van der Waals surface area contributed by atoms with Crippen molar-refractivity contribution < 1.29 is 14.2 Å². The highest BCUT2D eigenvalue weighted by molar-refractivity contribution is 6.31. The highest BCUT2D eigenvalue weighted by Crippen LogP contribution is 2.57. The first-order valence-corrected chi connectivity index (χ1v) is 6.34. The van der Waals surface area contributed by atoms with Crippen LogP contribution in [0.15, 0.2) is 48.5 Å². The maximum Gasteiger partial charge on any atom is 0.147 e. The first-order chi connectivity index (χ1) is 9.17. The van der Waals surface area contributed by atoms with Crippen molar-refractivity contribution in [2.45, 2.75) is 11.7 Å². The number of hydrogen-bond donors (Lipinski definition) is 1. The number of rotatable bonds is 3. The van der Waals surface area contributed by atoms with Crippen molar-refractivity contribution in [1.29, 1.82) is 0 Å². The molecule has 1 fully saturated rings. The van der Waals surface area contributed by atoms with Gasteiger partial charge in [0, 0.05) is 10.6 Å². The molecule has 4 heteroatoms. The van der Waals surface area contributed by atoms with Gasteiger partial charge in [-0.05, 0) is 23.8 Å². The average Bonchev–Trinajstić information content (AvgIpc) is 3.16. The Bertz CT molecular complexity index is 599. The maximum atomic E-state index is 13.0. The van der Waals surface area contributed by atoms with Crippen LogP contribution < -0.4 is 0 Å². The molecule has 1 saturated heterocycles. The number of aliphatic hydroxyl groups is 1. The van der Waals surface area contributed by atoms with Crippen LogP contribution in [0.3, 0.4) is 0 Å². The molecular weight excluding hydrogens is 267 g/mol. The second-order valence-electron chi connectivity index (χ2n) is 4.57. The van der Waals surface area contributed by atoms with Gasteiger partial charge in [0.2, 0.25) is 0 Å². The van der Waals surface area contributed by atoms with Crippen molar-refractivity contribution in [1.82, 2.24) is 0 Å². The van der Waals surface area contributed by atoms with E-state index >= 15 is 0 Å². The molecule has 1 N–H and O–H groups in total. The third-order valence-electron chi connectivity index (χ3n) is 3.45. The van der Waals surface area contributed by atoms with E-state index < -0.39 is 5.60 Å². The third kappa shape index (κ3) is 2.04. The minimum Gasteiger partial charge on any atom is -0.393 e. The van der Waals surface area contributed by atoms with Crippen LogP contribution in [-0.4, -0.2) is 11.7 Å². The minimum absolute atomic E-state index is 0.172. The lowest BCUT2D eigenvalue weighted by Gasteiger charge is -2.10. The van der Waals surface area contributed by atoms with Crippen LogP contribution >= 0.6 is 11.6 Å². The van der Waals surface area contributed by atoms with E-state index in [1.807, 2.05) is 18.2 Å². The van der Waals surface area contributed by atoms with E-state index in [-0.39, 0.29) is 18.5 Å². The van der Waals surface area contributed by atoms with Gasteiger partial charge in [0.05, 0.1) is 6.61 Å². The summed E-state index contributed by atoms with van der Waals surface area (Å²) in [5.41, 5.74) is 0.780. The Hall–Kier alpha value is -1.42. The van der Waals surface area contributed by atoms with Crippen molar-refractivity contribution in [2.75, 3.05) is 6.61 Å². The number of hydrogen-bond acceptors (Lipinski definition) is 2. The van der Waals surface area contributed by atoms with Gasteiger partial charge in [-0.2, -0.15) is 0 Å². The molecule has 0 spiro atoms. The lowest BCUT2D eigenvalue weighted by Crippen LogP contribution is -2.15. The molecule has 0 aromatic heterocycles. The number of ether oxygens (including phenoxy) is 1. The monoisotopic (exact) mass is 278 g/mol. The van der Waals surface area contributed by atoms with Gasteiger partial charge in [-0.1, -0.05) is 41.9 Å². The molecule has 3 rings (SSSR count). The zero-order valence-corrected chi connectivity index (χ0v) is 10.8. The van der Waals surface area contributed by atoms with Gasteiger partial charge in [0.25, 0.3) is 0 Å². The zero-order chi connectivity index (χ0) is 13.5. The molecule has 0 radical (unpaired) electrons. The van der Waals surface area contributed by atoms with Crippen molar-refractivity contribution >= 4 is 11.6 Å². The fraction of sp³-hybridized carbons (Fsp3) is 0.200. The summed E-state index contributed by atoms with van der Waals surface area (Å²) in [5, 5.41) is 10.2. The van der Waals surface area contributed by atoms with Crippen LogP contribution in [0.5, 0.6) is 0 Å². The SMILES string of the molecule is OC[C@@]1(c2ccc(F)cc2)O[C@H]1c1ccccc1Cl.